The number of benzene rings is 4. The second-order valence-electron chi connectivity index (χ2n) is 14.3. The first kappa shape index (κ1) is 34.2. The minimum atomic E-state index is 0. The van der Waals surface area contributed by atoms with Gasteiger partial charge in [0.15, 0.2) is 34.5 Å². The summed E-state index contributed by atoms with van der Waals surface area (Å²) in [6.45, 7) is 1.97. The third-order valence-corrected chi connectivity index (χ3v) is 10.7. The van der Waals surface area contributed by atoms with Crippen molar-refractivity contribution in [1.82, 2.24) is 0 Å². The van der Waals surface area contributed by atoms with Crippen molar-refractivity contribution in [3.8, 4) is 46.0 Å². The van der Waals surface area contributed by atoms with Crippen LogP contribution in [0.15, 0.2) is 60.7 Å². The van der Waals surface area contributed by atoms with E-state index in [1.165, 1.54) is 22.3 Å². The van der Waals surface area contributed by atoms with Gasteiger partial charge in [0.2, 0.25) is 5.75 Å². The van der Waals surface area contributed by atoms with Gasteiger partial charge >= 0.3 is 0 Å². The summed E-state index contributed by atoms with van der Waals surface area (Å²) < 4.78 is 32.7. The van der Waals surface area contributed by atoms with E-state index in [2.05, 4.69) is 70.7 Å². The van der Waals surface area contributed by atoms with Gasteiger partial charge in [-0.25, -0.2) is 0 Å². The van der Waals surface area contributed by atoms with Crippen LogP contribution < -0.4 is 47.7 Å². The molecule has 4 aromatic rings. The van der Waals surface area contributed by atoms with Crippen LogP contribution in [-0.2, 0) is 25.7 Å². The monoisotopic (exact) mass is 765 g/mol. The van der Waals surface area contributed by atoms with E-state index in [1.54, 1.807) is 27.4 Å². The molecule has 2 unspecified atom stereocenters. The zero-order valence-electron chi connectivity index (χ0n) is 28.9. The molecule has 4 heterocycles. The predicted molar refractivity (Wildman–Crippen MR) is 181 cm³/mol. The third kappa shape index (κ3) is 6.05. The third-order valence-electron chi connectivity index (χ3n) is 10.7. The van der Waals surface area contributed by atoms with Gasteiger partial charge in [0.05, 0.1) is 68.2 Å². The van der Waals surface area contributed by atoms with Crippen molar-refractivity contribution in [3.05, 3.63) is 94.0 Å². The molecule has 4 aromatic carbocycles. The summed E-state index contributed by atoms with van der Waals surface area (Å²) in [4.78, 5) is 0. The molecule has 1 N–H and O–H groups in total. The van der Waals surface area contributed by atoms with E-state index in [1.807, 2.05) is 12.1 Å². The van der Waals surface area contributed by atoms with E-state index in [0.29, 0.717) is 40.9 Å². The van der Waals surface area contributed by atoms with Gasteiger partial charge in [-0.2, -0.15) is 0 Å². The summed E-state index contributed by atoms with van der Waals surface area (Å²) in [6.07, 6.45) is 3.37. The van der Waals surface area contributed by atoms with Gasteiger partial charge in [0.1, 0.15) is 17.8 Å². The lowest BCUT2D eigenvalue weighted by Crippen LogP contribution is -3.00. The number of likely N-dealkylation sites (N-methyl/N-ethyl adjacent to an activating group) is 2. The Hall–Kier alpha value is -3.67. The summed E-state index contributed by atoms with van der Waals surface area (Å²) >= 11 is 0. The van der Waals surface area contributed by atoms with Gasteiger partial charge in [-0.15, -0.1) is 0 Å². The number of phenols is 1. The molecule has 0 saturated heterocycles. The number of nitrogens with zero attached hydrogens (tertiary/aromatic N) is 2. The molecule has 8 nitrogen and oxygen atoms in total. The van der Waals surface area contributed by atoms with Crippen molar-refractivity contribution in [1.29, 1.82) is 0 Å². The maximum Gasteiger partial charge on any atom is 0.204 e. The SMILES string of the molecule is COc1cc2c3cc1Oc1cc(ccc1O)CC1c4c(cc(OC)c(OC)c4Oc4ccc(cc4)CC3[N+](C)(C)CC2)CC[N+]1(C)C.[I-]. The normalized spacial score (nSPS) is 20.1. The van der Waals surface area contributed by atoms with Gasteiger partial charge in [-0.05, 0) is 64.7 Å². The van der Waals surface area contributed by atoms with E-state index in [4.69, 9.17) is 23.7 Å². The van der Waals surface area contributed by atoms with Crippen molar-refractivity contribution in [2.75, 3.05) is 62.6 Å². The Labute approximate surface area is 301 Å². The maximum absolute atomic E-state index is 11.1. The number of methoxy groups -OCH3 is 3. The molecule has 0 spiro atoms. The topological polar surface area (TPSA) is 66.4 Å². The Morgan fingerprint density at radius 1 is 0.667 bits per heavy atom. The fourth-order valence-electron chi connectivity index (χ4n) is 7.79. The maximum atomic E-state index is 11.1. The lowest BCUT2D eigenvalue weighted by atomic mass is 9.85. The molecular weight excluding hydrogens is 719 g/mol. The molecule has 0 aliphatic carbocycles. The largest absolute Gasteiger partial charge is 1.00 e. The van der Waals surface area contributed by atoms with Crippen molar-refractivity contribution in [3.63, 3.8) is 0 Å². The molecule has 0 radical (unpaired) electrons. The van der Waals surface area contributed by atoms with Crippen molar-refractivity contribution < 1.29 is 61.7 Å². The van der Waals surface area contributed by atoms with Gasteiger partial charge in [0.25, 0.3) is 0 Å². The molecule has 4 aliphatic rings. The lowest BCUT2D eigenvalue weighted by molar-refractivity contribution is -0.923. The van der Waals surface area contributed by atoms with Crippen molar-refractivity contribution >= 4 is 0 Å². The molecule has 0 amide bonds. The zero-order chi connectivity index (χ0) is 33.1. The second-order valence-corrected chi connectivity index (χ2v) is 14.3. The van der Waals surface area contributed by atoms with Crippen LogP contribution in [0.4, 0.5) is 0 Å². The molecule has 2 atom stereocenters. The Morgan fingerprint density at radius 2 is 1.29 bits per heavy atom. The minimum absolute atomic E-state index is 0. The van der Waals surface area contributed by atoms with E-state index >= 15 is 0 Å². The van der Waals surface area contributed by atoms with Gasteiger partial charge in [-0.3, -0.25) is 0 Å². The number of aromatic hydroxyl groups is 1. The minimum Gasteiger partial charge on any atom is -1.00 e. The van der Waals surface area contributed by atoms with Crippen LogP contribution >= 0.6 is 0 Å². The van der Waals surface area contributed by atoms with E-state index < -0.39 is 0 Å². The highest BCUT2D eigenvalue weighted by molar-refractivity contribution is 5.62. The van der Waals surface area contributed by atoms with Crippen LogP contribution in [0.3, 0.4) is 0 Å². The average Bonchev–Trinajstić information content (AvgIpc) is 3.05. The summed E-state index contributed by atoms with van der Waals surface area (Å²) in [5, 5.41) is 11.1. The molecular formula is C39H46IN2O6+. The first-order chi connectivity index (χ1) is 22.5. The number of phenolic OH excluding ortho intramolecular Hbond substituents is 1. The van der Waals surface area contributed by atoms with E-state index in [9.17, 15) is 5.11 Å². The van der Waals surface area contributed by atoms with Crippen LogP contribution in [0.25, 0.3) is 0 Å². The van der Waals surface area contributed by atoms with Crippen LogP contribution in [0.5, 0.6) is 46.0 Å². The van der Waals surface area contributed by atoms with Crippen LogP contribution in [0.2, 0.25) is 0 Å². The van der Waals surface area contributed by atoms with E-state index in [-0.39, 0.29) is 41.8 Å². The molecule has 0 saturated carbocycles. The fourth-order valence-corrected chi connectivity index (χ4v) is 7.79. The Kier molecular flexibility index (Phi) is 9.25. The number of hydrogen-bond acceptors (Lipinski definition) is 6. The fraction of sp³-hybridized carbons (Fsp3) is 0.385. The summed E-state index contributed by atoms with van der Waals surface area (Å²) in [7, 11) is 14.1. The molecule has 4 aliphatic heterocycles. The zero-order valence-corrected chi connectivity index (χ0v) is 31.1. The van der Waals surface area contributed by atoms with Crippen LogP contribution in [-0.4, -0.2) is 76.7 Å². The molecule has 48 heavy (non-hydrogen) atoms. The number of quaternary nitrogens is 2. The number of ether oxygens (including phenoxy) is 5. The summed E-state index contributed by atoms with van der Waals surface area (Å²) in [6, 6.07) is 20.7. The Morgan fingerprint density at radius 3 is 1.98 bits per heavy atom. The van der Waals surface area contributed by atoms with Crippen molar-refractivity contribution in [2.24, 2.45) is 0 Å². The number of halogens is 1. The van der Waals surface area contributed by atoms with Crippen molar-refractivity contribution in [2.45, 2.75) is 37.8 Å². The smallest absolute Gasteiger partial charge is 0.204 e. The summed E-state index contributed by atoms with van der Waals surface area (Å²) in [5.41, 5.74) is 7.09. The predicted octanol–water partition coefficient (Wildman–Crippen LogP) is 4.15. The Bertz CT molecular complexity index is 1840. The second kappa shape index (κ2) is 13.0. The number of fused-ring (bicyclic) bond motifs is 2. The standard InChI is InChI=1S/C39H45N2O6.HI/c1-40(2)16-14-26-21-34(43-5)35-23-29(26)30(40)18-24-8-11-28(12-9-24)46-39-37-27(22-36(44-6)38(39)45-7)15-17-41(3,4)31(37)19-25-10-13-32(42)33(20-25)47-35;/h8-13,20-23,30-31H,14-19H2,1-7H3;1H/q+1;. The highest BCUT2D eigenvalue weighted by atomic mass is 127. The highest BCUT2D eigenvalue weighted by Gasteiger charge is 2.41. The molecule has 0 aromatic heterocycles. The Balaban J connectivity index is 0.00000401. The quantitative estimate of drug-likeness (QED) is 0.250. The van der Waals surface area contributed by atoms with E-state index in [0.717, 1.165) is 58.2 Å². The average molecular weight is 766 g/mol. The van der Waals surface area contributed by atoms with Crippen LogP contribution in [0.1, 0.15) is 45.5 Å². The molecule has 0 fully saturated rings. The molecule has 8 rings (SSSR count). The van der Waals surface area contributed by atoms with Gasteiger partial charge in [-0.1, -0.05) is 18.2 Å². The molecule has 6 bridgehead atoms. The van der Waals surface area contributed by atoms with Gasteiger partial charge < -0.3 is 61.7 Å². The first-order valence-electron chi connectivity index (χ1n) is 16.4. The number of hydrogen-bond donors (Lipinski definition) is 1. The number of rotatable bonds is 3. The summed E-state index contributed by atoms with van der Waals surface area (Å²) in [5.74, 6) is 4.46. The highest BCUT2D eigenvalue weighted by Crippen LogP contribution is 2.52. The van der Waals surface area contributed by atoms with Crippen LogP contribution in [0, 0.1) is 0 Å². The lowest BCUT2D eigenvalue weighted by Gasteiger charge is -2.43. The molecule has 254 valence electrons. The molecule has 9 heteroatoms. The van der Waals surface area contributed by atoms with Gasteiger partial charge in [0, 0.05) is 31.2 Å². The first-order valence-corrected chi connectivity index (χ1v) is 16.4.